The zero-order valence-corrected chi connectivity index (χ0v) is 8.21. The molecular formula is C9H17N3O. The van der Waals surface area contributed by atoms with Crippen molar-refractivity contribution in [3.05, 3.63) is 12.4 Å². The maximum Gasteiger partial charge on any atom is 0.200 e. The van der Waals surface area contributed by atoms with Gasteiger partial charge in [-0.1, -0.05) is 13.8 Å². The molecule has 13 heavy (non-hydrogen) atoms. The summed E-state index contributed by atoms with van der Waals surface area (Å²) in [5.41, 5.74) is 0. The Morgan fingerprint density at radius 1 is 1.62 bits per heavy atom. The number of imidazole rings is 1. The third kappa shape index (κ3) is 4.52. The molecule has 0 radical (unpaired) electrons. The van der Waals surface area contributed by atoms with Gasteiger partial charge in [0.1, 0.15) is 0 Å². The Morgan fingerprint density at radius 2 is 2.46 bits per heavy atom. The molecule has 0 atom stereocenters. The fourth-order valence-corrected chi connectivity index (χ4v) is 0.923. The van der Waals surface area contributed by atoms with E-state index in [1.807, 2.05) is 0 Å². The molecule has 0 aliphatic heterocycles. The van der Waals surface area contributed by atoms with Gasteiger partial charge in [0.15, 0.2) is 5.95 Å². The van der Waals surface area contributed by atoms with E-state index in [0.717, 1.165) is 25.7 Å². The molecular weight excluding hydrogens is 166 g/mol. The lowest BCUT2D eigenvalue weighted by atomic mass is 10.2. The summed E-state index contributed by atoms with van der Waals surface area (Å²) in [5.74, 6) is 1.40. The minimum atomic E-state index is 0.601. The number of nitrogens with zero attached hydrogens (tertiary/aromatic N) is 1. The first kappa shape index (κ1) is 10.1. The molecule has 1 aromatic rings. The number of hydrogen-bond acceptors (Lipinski definition) is 3. The number of hydrogen-bond donors (Lipinski definition) is 2. The van der Waals surface area contributed by atoms with Crippen molar-refractivity contribution in [3.8, 4) is 0 Å². The van der Waals surface area contributed by atoms with E-state index in [-0.39, 0.29) is 0 Å². The number of anilines is 1. The zero-order valence-electron chi connectivity index (χ0n) is 8.21. The predicted octanol–water partition coefficient (Wildman–Crippen LogP) is 1.49. The summed E-state index contributed by atoms with van der Waals surface area (Å²) in [6.07, 6.45) is 3.51. The Hall–Kier alpha value is -1.03. The van der Waals surface area contributed by atoms with E-state index >= 15 is 0 Å². The molecule has 0 unspecified atom stereocenters. The summed E-state index contributed by atoms with van der Waals surface area (Å²) in [6, 6.07) is 0. The molecule has 1 aromatic heterocycles. The van der Waals surface area contributed by atoms with Crippen LogP contribution in [0.1, 0.15) is 13.8 Å². The minimum Gasteiger partial charge on any atom is -0.379 e. The standard InChI is InChI=1S/C9H17N3O/c1-8(2)7-13-6-5-12-9-10-3-4-11-9/h3-4,8H,5-7H2,1-2H3,(H2,10,11,12). The normalized spacial score (nSPS) is 10.7. The molecule has 0 bridgehead atoms. The van der Waals surface area contributed by atoms with Crippen molar-refractivity contribution in [2.24, 2.45) is 5.92 Å². The fourth-order valence-electron chi connectivity index (χ4n) is 0.923. The van der Waals surface area contributed by atoms with Crippen LogP contribution in [0.2, 0.25) is 0 Å². The Kier molecular flexibility index (Phi) is 4.32. The van der Waals surface area contributed by atoms with Crippen LogP contribution in [0, 0.1) is 5.92 Å². The van der Waals surface area contributed by atoms with Crippen molar-refractivity contribution in [2.75, 3.05) is 25.1 Å². The maximum absolute atomic E-state index is 5.39. The predicted molar refractivity (Wildman–Crippen MR) is 52.7 cm³/mol. The van der Waals surface area contributed by atoms with Gasteiger partial charge in [-0.05, 0) is 5.92 Å². The van der Waals surface area contributed by atoms with Crippen molar-refractivity contribution in [3.63, 3.8) is 0 Å². The second-order valence-electron chi connectivity index (χ2n) is 3.33. The Balaban J connectivity index is 1.96. The number of H-pyrrole nitrogens is 1. The first-order valence-corrected chi connectivity index (χ1v) is 4.60. The van der Waals surface area contributed by atoms with Crippen molar-refractivity contribution in [1.29, 1.82) is 0 Å². The molecule has 0 aliphatic rings. The number of ether oxygens (including phenoxy) is 1. The van der Waals surface area contributed by atoms with Gasteiger partial charge in [0.25, 0.3) is 0 Å². The van der Waals surface area contributed by atoms with Crippen LogP contribution in [0.4, 0.5) is 5.95 Å². The van der Waals surface area contributed by atoms with Crippen molar-refractivity contribution in [1.82, 2.24) is 9.97 Å². The summed E-state index contributed by atoms with van der Waals surface area (Å²) in [6.45, 7) is 6.61. The highest BCUT2D eigenvalue weighted by molar-refractivity contribution is 5.22. The molecule has 2 N–H and O–H groups in total. The topological polar surface area (TPSA) is 49.9 Å². The van der Waals surface area contributed by atoms with Crippen LogP contribution in [-0.2, 0) is 4.74 Å². The van der Waals surface area contributed by atoms with E-state index in [9.17, 15) is 0 Å². The smallest absolute Gasteiger partial charge is 0.200 e. The van der Waals surface area contributed by atoms with Crippen LogP contribution < -0.4 is 5.32 Å². The van der Waals surface area contributed by atoms with Crippen LogP contribution in [0.3, 0.4) is 0 Å². The van der Waals surface area contributed by atoms with E-state index < -0.39 is 0 Å². The molecule has 0 fully saturated rings. The molecule has 4 nitrogen and oxygen atoms in total. The largest absolute Gasteiger partial charge is 0.379 e. The quantitative estimate of drug-likeness (QED) is 0.657. The Morgan fingerprint density at radius 3 is 3.08 bits per heavy atom. The van der Waals surface area contributed by atoms with Gasteiger partial charge in [-0.2, -0.15) is 0 Å². The van der Waals surface area contributed by atoms with Crippen LogP contribution >= 0.6 is 0 Å². The average Bonchev–Trinajstić information content (AvgIpc) is 2.55. The summed E-state index contributed by atoms with van der Waals surface area (Å²) in [5, 5.41) is 3.11. The number of aromatic nitrogens is 2. The second kappa shape index (κ2) is 5.59. The molecule has 0 saturated heterocycles. The Bertz CT molecular complexity index is 209. The van der Waals surface area contributed by atoms with Crippen LogP contribution in [0.25, 0.3) is 0 Å². The number of rotatable bonds is 6. The number of nitrogens with one attached hydrogen (secondary N) is 2. The number of aromatic amines is 1. The van der Waals surface area contributed by atoms with Crippen molar-refractivity contribution >= 4 is 5.95 Å². The third-order valence-electron chi connectivity index (χ3n) is 1.49. The van der Waals surface area contributed by atoms with E-state index in [1.165, 1.54) is 0 Å². The first-order valence-electron chi connectivity index (χ1n) is 4.60. The van der Waals surface area contributed by atoms with Gasteiger partial charge in [-0.25, -0.2) is 4.98 Å². The molecule has 0 aliphatic carbocycles. The van der Waals surface area contributed by atoms with Gasteiger partial charge in [-0.3, -0.25) is 0 Å². The highest BCUT2D eigenvalue weighted by atomic mass is 16.5. The average molecular weight is 183 g/mol. The summed E-state index contributed by atoms with van der Waals surface area (Å²) < 4.78 is 5.39. The minimum absolute atomic E-state index is 0.601. The second-order valence-corrected chi connectivity index (χ2v) is 3.33. The lowest BCUT2D eigenvalue weighted by Crippen LogP contribution is -2.12. The molecule has 1 heterocycles. The molecule has 4 heteroatoms. The van der Waals surface area contributed by atoms with Crippen molar-refractivity contribution < 1.29 is 4.74 Å². The highest BCUT2D eigenvalue weighted by Crippen LogP contribution is 1.94. The molecule has 1 rings (SSSR count). The maximum atomic E-state index is 5.39. The van der Waals surface area contributed by atoms with Gasteiger partial charge >= 0.3 is 0 Å². The summed E-state index contributed by atoms with van der Waals surface area (Å²) in [7, 11) is 0. The van der Waals surface area contributed by atoms with Gasteiger partial charge in [0, 0.05) is 25.5 Å². The van der Waals surface area contributed by atoms with Gasteiger partial charge < -0.3 is 15.0 Å². The van der Waals surface area contributed by atoms with E-state index in [2.05, 4.69) is 29.1 Å². The summed E-state index contributed by atoms with van der Waals surface area (Å²) >= 11 is 0. The van der Waals surface area contributed by atoms with E-state index in [0.29, 0.717) is 5.92 Å². The molecule has 0 amide bonds. The molecule has 0 aromatic carbocycles. The zero-order chi connectivity index (χ0) is 9.52. The van der Waals surface area contributed by atoms with E-state index in [4.69, 9.17) is 4.74 Å². The SMILES string of the molecule is CC(C)COCCNc1ncc[nH]1. The third-order valence-corrected chi connectivity index (χ3v) is 1.49. The van der Waals surface area contributed by atoms with Crippen LogP contribution in [-0.4, -0.2) is 29.7 Å². The van der Waals surface area contributed by atoms with Crippen molar-refractivity contribution in [2.45, 2.75) is 13.8 Å². The fraction of sp³-hybridized carbons (Fsp3) is 0.667. The molecule has 0 saturated carbocycles. The van der Waals surface area contributed by atoms with Crippen LogP contribution in [0.15, 0.2) is 12.4 Å². The van der Waals surface area contributed by atoms with Gasteiger partial charge in [0.05, 0.1) is 6.61 Å². The summed E-state index contributed by atoms with van der Waals surface area (Å²) in [4.78, 5) is 6.99. The lowest BCUT2D eigenvalue weighted by molar-refractivity contribution is 0.118. The Labute approximate surface area is 78.7 Å². The molecule has 74 valence electrons. The lowest BCUT2D eigenvalue weighted by Gasteiger charge is -2.06. The van der Waals surface area contributed by atoms with E-state index in [1.54, 1.807) is 12.4 Å². The van der Waals surface area contributed by atoms with Gasteiger partial charge in [0.2, 0.25) is 0 Å². The van der Waals surface area contributed by atoms with Crippen LogP contribution in [0.5, 0.6) is 0 Å². The monoisotopic (exact) mass is 183 g/mol. The van der Waals surface area contributed by atoms with Gasteiger partial charge in [-0.15, -0.1) is 0 Å². The highest BCUT2D eigenvalue weighted by Gasteiger charge is 1.94. The first-order chi connectivity index (χ1) is 6.29. The molecule has 0 spiro atoms.